The van der Waals surface area contributed by atoms with Crippen LogP contribution in [0.3, 0.4) is 0 Å². The maximum absolute atomic E-state index is 10.9. The first kappa shape index (κ1) is 12.6. The van der Waals surface area contributed by atoms with Gasteiger partial charge in [0.2, 0.25) is 0 Å². The van der Waals surface area contributed by atoms with E-state index in [1.807, 2.05) is 0 Å². The fourth-order valence-corrected chi connectivity index (χ4v) is 5.61. The van der Waals surface area contributed by atoms with Crippen LogP contribution in [0.1, 0.15) is 42.4 Å². The predicted octanol–water partition coefficient (Wildman–Crippen LogP) is 3.64. The molecular weight excluding hydrogens is 240 g/mol. The Labute approximate surface area is 114 Å². The monoisotopic (exact) mass is 262 g/mol. The van der Waals surface area contributed by atoms with Crippen molar-refractivity contribution < 1.29 is 5.11 Å². The zero-order chi connectivity index (χ0) is 12.8. The van der Waals surface area contributed by atoms with Gasteiger partial charge >= 0.3 is 0 Å². The number of aryl methyl sites for hydroxylation is 2. The van der Waals surface area contributed by atoms with Crippen LogP contribution < -0.4 is 0 Å². The molecule has 0 saturated carbocycles. The summed E-state index contributed by atoms with van der Waals surface area (Å²) in [4.78, 5) is 0. The highest BCUT2D eigenvalue weighted by Gasteiger charge is 2.43. The Hall–Kier alpha value is -0.470. The average Bonchev–Trinajstić information content (AvgIpc) is 2.56. The lowest BCUT2D eigenvalue weighted by Gasteiger charge is -2.36. The van der Waals surface area contributed by atoms with Crippen LogP contribution in [-0.2, 0) is 6.42 Å². The zero-order valence-corrected chi connectivity index (χ0v) is 12.1. The molecule has 2 heterocycles. The average molecular weight is 262 g/mol. The van der Waals surface area contributed by atoms with E-state index >= 15 is 0 Å². The Kier molecular flexibility index (Phi) is 3.19. The van der Waals surface area contributed by atoms with Gasteiger partial charge in [-0.25, -0.2) is 0 Å². The van der Waals surface area contributed by atoms with Gasteiger partial charge in [0.25, 0.3) is 0 Å². The summed E-state index contributed by atoms with van der Waals surface area (Å²) in [6.45, 7) is 4.28. The molecule has 3 rings (SSSR count). The predicted molar refractivity (Wildman–Crippen MR) is 78.2 cm³/mol. The maximum Gasteiger partial charge on any atom is 0.0709 e. The van der Waals surface area contributed by atoms with Gasteiger partial charge in [0.15, 0.2) is 0 Å². The van der Waals surface area contributed by atoms with Gasteiger partial charge in [0.1, 0.15) is 0 Å². The minimum absolute atomic E-state index is 0.447. The maximum atomic E-state index is 10.9. The molecule has 2 aliphatic heterocycles. The van der Waals surface area contributed by atoms with Crippen LogP contribution in [-0.4, -0.2) is 21.2 Å². The van der Waals surface area contributed by atoms with E-state index in [1.165, 1.54) is 29.5 Å². The summed E-state index contributed by atoms with van der Waals surface area (Å²) in [7, 11) is 0. The SMILES string of the molecule is Cc1cc(C)cc(CC2(O)CC3CCC(C2)S3)c1. The molecule has 0 aromatic heterocycles. The molecule has 0 radical (unpaired) electrons. The van der Waals surface area contributed by atoms with E-state index in [0.29, 0.717) is 10.5 Å². The topological polar surface area (TPSA) is 20.2 Å². The van der Waals surface area contributed by atoms with Gasteiger partial charge in [-0.05, 0) is 45.1 Å². The van der Waals surface area contributed by atoms with Crippen molar-refractivity contribution in [2.75, 3.05) is 0 Å². The number of thioether (sulfide) groups is 1. The van der Waals surface area contributed by atoms with Gasteiger partial charge in [0.05, 0.1) is 5.60 Å². The fraction of sp³-hybridized carbons (Fsp3) is 0.625. The molecule has 1 nitrogen and oxygen atoms in total. The summed E-state index contributed by atoms with van der Waals surface area (Å²) in [5.41, 5.74) is 3.47. The van der Waals surface area contributed by atoms with Gasteiger partial charge < -0.3 is 5.11 Å². The molecule has 2 atom stereocenters. The number of fused-ring (bicyclic) bond motifs is 2. The summed E-state index contributed by atoms with van der Waals surface area (Å²) in [6, 6.07) is 6.66. The molecule has 2 heteroatoms. The van der Waals surface area contributed by atoms with E-state index < -0.39 is 5.60 Å². The third kappa shape index (κ3) is 2.60. The molecule has 2 unspecified atom stereocenters. The van der Waals surface area contributed by atoms with Crippen LogP contribution in [0, 0.1) is 13.8 Å². The van der Waals surface area contributed by atoms with Crippen LogP contribution >= 0.6 is 11.8 Å². The smallest absolute Gasteiger partial charge is 0.0709 e. The molecule has 0 amide bonds. The highest BCUT2D eigenvalue weighted by atomic mass is 32.2. The lowest BCUT2D eigenvalue weighted by molar-refractivity contribution is 0.0242. The Morgan fingerprint density at radius 3 is 2.22 bits per heavy atom. The molecule has 18 heavy (non-hydrogen) atoms. The molecular formula is C16H22OS. The summed E-state index contributed by atoms with van der Waals surface area (Å²) < 4.78 is 0. The highest BCUT2D eigenvalue weighted by Crippen LogP contribution is 2.48. The second kappa shape index (κ2) is 4.57. The lowest BCUT2D eigenvalue weighted by atomic mass is 9.86. The Morgan fingerprint density at radius 1 is 1.11 bits per heavy atom. The van der Waals surface area contributed by atoms with Crippen molar-refractivity contribution >= 4 is 11.8 Å². The molecule has 1 aromatic rings. The van der Waals surface area contributed by atoms with E-state index in [1.54, 1.807) is 0 Å². The Bertz CT molecular complexity index is 422. The van der Waals surface area contributed by atoms with Crippen LogP contribution in [0.25, 0.3) is 0 Å². The van der Waals surface area contributed by atoms with Crippen molar-refractivity contribution in [2.24, 2.45) is 0 Å². The van der Waals surface area contributed by atoms with Gasteiger partial charge in [0, 0.05) is 16.9 Å². The van der Waals surface area contributed by atoms with Crippen LogP contribution in [0.15, 0.2) is 18.2 Å². The largest absolute Gasteiger partial charge is 0.389 e. The lowest BCUT2D eigenvalue weighted by Crippen LogP contribution is -2.39. The standard InChI is InChI=1S/C16H22OS/c1-11-5-12(2)7-13(6-11)8-16(17)9-14-3-4-15(10-16)18-14/h5-7,14-15,17H,3-4,8-10H2,1-2H3. The number of rotatable bonds is 2. The molecule has 0 aliphatic carbocycles. The summed E-state index contributed by atoms with van der Waals surface area (Å²) >= 11 is 2.11. The van der Waals surface area contributed by atoms with Crippen LogP contribution in [0.4, 0.5) is 0 Å². The quantitative estimate of drug-likeness (QED) is 0.878. The van der Waals surface area contributed by atoms with Crippen LogP contribution in [0.5, 0.6) is 0 Å². The number of hydrogen-bond donors (Lipinski definition) is 1. The molecule has 2 saturated heterocycles. The molecule has 98 valence electrons. The van der Waals surface area contributed by atoms with Crippen LogP contribution in [0.2, 0.25) is 0 Å². The number of aliphatic hydroxyl groups is 1. The Balaban J connectivity index is 1.79. The minimum atomic E-state index is -0.447. The first-order valence-corrected chi connectivity index (χ1v) is 7.92. The zero-order valence-electron chi connectivity index (χ0n) is 11.3. The molecule has 2 fully saturated rings. The second-order valence-corrected chi connectivity index (χ2v) is 7.87. The van der Waals surface area contributed by atoms with Crippen molar-refractivity contribution in [3.8, 4) is 0 Å². The second-order valence-electron chi connectivity index (χ2n) is 6.26. The van der Waals surface area contributed by atoms with E-state index in [2.05, 4.69) is 43.8 Å². The van der Waals surface area contributed by atoms with Crippen molar-refractivity contribution in [2.45, 2.75) is 62.1 Å². The Morgan fingerprint density at radius 2 is 1.67 bits per heavy atom. The fourth-order valence-electron chi connectivity index (χ4n) is 3.71. The van der Waals surface area contributed by atoms with E-state index in [4.69, 9.17) is 0 Å². The number of benzene rings is 1. The van der Waals surface area contributed by atoms with Gasteiger partial charge in [-0.3, -0.25) is 0 Å². The van der Waals surface area contributed by atoms with E-state index in [-0.39, 0.29) is 0 Å². The normalized spacial score (nSPS) is 34.8. The first-order valence-electron chi connectivity index (χ1n) is 6.97. The third-order valence-corrected chi connectivity index (χ3v) is 5.80. The van der Waals surface area contributed by atoms with Gasteiger partial charge in [-0.2, -0.15) is 11.8 Å². The molecule has 1 aromatic carbocycles. The van der Waals surface area contributed by atoms with E-state index in [9.17, 15) is 5.11 Å². The first-order chi connectivity index (χ1) is 8.52. The number of hydrogen-bond acceptors (Lipinski definition) is 2. The molecule has 2 aliphatic rings. The van der Waals surface area contributed by atoms with Crippen molar-refractivity contribution in [3.05, 3.63) is 34.9 Å². The molecule has 0 spiro atoms. The molecule has 2 bridgehead atoms. The summed E-state index contributed by atoms with van der Waals surface area (Å²) in [5, 5.41) is 12.3. The summed E-state index contributed by atoms with van der Waals surface area (Å²) in [6.07, 6.45) is 5.43. The summed E-state index contributed by atoms with van der Waals surface area (Å²) in [5.74, 6) is 0. The van der Waals surface area contributed by atoms with Crippen molar-refractivity contribution in [3.63, 3.8) is 0 Å². The minimum Gasteiger partial charge on any atom is -0.389 e. The van der Waals surface area contributed by atoms with Gasteiger partial charge in [-0.1, -0.05) is 29.3 Å². The highest BCUT2D eigenvalue weighted by molar-refractivity contribution is 8.00. The van der Waals surface area contributed by atoms with E-state index in [0.717, 1.165) is 19.3 Å². The third-order valence-electron chi connectivity index (χ3n) is 4.23. The van der Waals surface area contributed by atoms with Gasteiger partial charge in [-0.15, -0.1) is 0 Å². The van der Waals surface area contributed by atoms with Crippen molar-refractivity contribution in [1.29, 1.82) is 0 Å². The molecule has 1 N–H and O–H groups in total. The van der Waals surface area contributed by atoms with Crippen molar-refractivity contribution in [1.82, 2.24) is 0 Å².